The Kier molecular flexibility index (Phi) is 6.81. The van der Waals surface area contributed by atoms with Crippen LogP contribution in [0.2, 0.25) is 0 Å². The third-order valence-corrected chi connectivity index (χ3v) is 3.94. The minimum absolute atomic E-state index is 0.189. The van der Waals surface area contributed by atoms with Crippen molar-refractivity contribution in [3.63, 3.8) is 0 Å². The van der Waals surface area contributed by atoms with Gasteiger partial charge in [0.25, 0.3) is 5.91 Å². The second kappa shape index (κ2) is 9.06. The van der Waals surface area contributed by atoms with Crippen molar-refractivity contribution in [2.75, 3.05) is 30.4 Å². The van der Waals surface area contributed by atoms with Crippen LogP contribution in [-0.4, -0.2) is 31.1 Å². The van der Waals surface area contributed by atoms with E-state index < -0.39 is 0 Å². The molecule has 5 heteroatoms. The molecule has 0 saturated carbocycles. The Labute approximate surface area is 150 Å². The summed E-state index contributed by atoms with van der Waals surface area (Å²) in [6, 6.07) is 7.60. The number of rotatable bonds is 8. The maximum atomic E-state index is 12.7. The molecule has 0 spiro atoms. The Balaban J connectivity index is 2.22. The van der Waals surface area contributed by atoms with Crippen LogP contribution in [-0.2, 0) is 0 Å². The van der Waals surface area contributed by atoms with Gasteiger partial charge in [-0.3, -0.25) is 9.78 Å². The molecule has 1 aromatic carbocycles. The first-order valence-electron chi connectivity index (χ1n) is 8.75. The lowest BCUT2D eigenvalue weighted by Crippen LogP contribution is -2.25. The fourth-order valence-electron chi connectivity index (χ4n) is 2.75. The van der Waals surface area contributed by atoms with E-state index in [2.05, 4.69) is 29.0 Å². The summed E-state index contributed by atoms with van der Waals surface area (Å²) in [5.74, 6) is 0.452. The van der Waals surface area contributed by atoms with Gasteiger partial charge >= 0.3 is 0 Å². The van der Waals surface area contributed by atoms with E-state index >= 15 is 0 Å². The zero-order valence-electron chi connectivity index (χ0n) is 15.5. The van der Waals surface area contributed by atoms with Gasteiger partial charge in [-0.1, -0.05) is 19.9 Å². The molecule has 0 radical (unpaired) electrons. The molecule has 0 fully saturated rings. The van der Waals surface area contributed by atoms with Crippen LogP contribution < -0.4 is 15.0 Å². The first-order valence-corrected chi connectivity index (χ1v) is 8.75. The van der Waals surface area contributed by atoms with Gasteiger partial charge in [0.2, 0.25) is 0 Å². The summed E-state index contributed by atoms with van der Waals surface area (Å²) in [6.45, 7) is 8.18. The maximum absolute atomic E-state index is 12.7. The van der Waals surface area contributed by atoms with E-state index in [9.17, 15) is 4.79 Å². The van der Waals surface area contributed by atoms with E-state index in [1.807, 2.05) is 37.4 Å². The Bertz CT molecular complexity index is 710. The number of anilines is 2. The highest BCUT2D eigenvalue weighted by molar-refractivity contribution is 6.05. The number of methoxy groups -OCH3 is 1. The van der Waals surface area contributed by atoms with Gasteiger partial charge < -0.3 is 15.0 Å². The number of hydrogen-bond donors (Lipinski definition) is 1. The summed E-state index contributed by atoms with van der Waals surface area (Å²) in [7, 11) is 1.59. The number of aromatic nitrogens is 1. The van der Waals surface area contributed by atoms with Gasteiger partial charge in [-0.05, 0) is 43.5 Å². The predicted octanol–water partition coefficient (Wildman–Crippen LogP) is 4.28. The highest BCUT2D eigenvalue weighted by Crippen LogP contribution is 2.26. The van der Waals surface area contributed by atoms with Crippen molar-refractivity contribution < 1.29 is 9.53 Å². The fourth-order valence-corrected chi connectivity index (χ4v) is 2.75. The second-order valence-electron chi connectivity index (χ2n) is 6.08. The molecule has 1 amide bonds. The van der Waals surface area contributed by atoms with Crippen molar-refractivity contribution in [2.45, 2.75) is 33.6 Å². The summed E-state index contributed by atoms with van der Waals surface area (Å²) < 4.78 is 5.32. The zero-order valence-corrected chi connectivity index (χ0v) is 15.5. The molecular formula is C20H27N3O2. The number of hydrogen-bond acceptors (Lipinski definition) is 4. The standard InChI is InChI=1S/C20H27N3O2/c1-5-9-23(10-6-2)17-12-16(13-21-14-17)20(24)22-18-11-15(3)7-8-19(18)25-4/h7-8,11-14H,5-6,9-10H2,1-4H3,(H,22,24). The van der Waals surface area contributed by atoms with E-state index in [0.29, 0.717) is 17.0 Å². The number of carbonyl (C=O) groups excluding carboxylic acids is 1. The average Bonchev–Trinajstić information content (AvgIpc) is 2.62. The smallest absolute Gasteiger partial charge is 0.257 e. The van der Waals surface area contributed by atoms with Crippen molar-refractivity contribution in [3.8, 4) is 5.75 Å². The lowest BCUT2D eigenvalue weighted by atomic mass is 10.2. The number of amides is 1. The van der Waals surface area contributed by atoms with Crippen molar-refractivity contribution in [1.82, 2.24) is 4.98 Å². The molecule has 0 saturated heterocycles. The number of pyridine rings is 1. The van der Waals surface area contributed by atoms with Gasteiger partial charge in [-0.25, -0.2) is 0 Å². The van der Waals surface area contributed by atoms with Gasteiger partial charge in [-0.2, -0.15) is 0 Å². The number of benzene rings is 1. The summed E-state index contributed by atoms with van der Waals surface area (Å²) >= 11 is 0. The number of ether oxygens (including phenoxy) is 1. The molecule has 2 aromatic rings. The number of nitrogens with one attached hydrogen (secondary N) is 1. The van der Waals surface area contributed by atoms with Gasteiger partial charge in [0, 0.05) is 19.3 Å². The van der Waals surface area contributed by atoms with Crippen molar-refractivity contribution in [3.05, 3.63) is 47.8 Å². The summed E-state index contributed by atoms with van der Waals surface area (Å²) in [5.41, 5.74) is 3.24. The lowest BCUT2D eigenvalue weighted by Gasteiger charge is -2.23. The number of nitrogens with zero attached hydrogens (tertiary/aromatic N) is 2. The van der Waals surface area contributed by atoms with Crippen LogP contribution in [0.1, 0.15) is 42.6 Å². The van der Waals surface area contributed by atoms with E-state index in [0.717, 1.165) is 37.2 Å². The van der Waals surface area contributed by atoms with Crippen LogP contribution in [0.15, 0.2) is 36.7 Å². The maximum Gasteiger partial charge on any atom is 0.257 e. The minimum atomic E-state index is -0.189. The Morgan fingerprint density at radius 2 is 1.88 bits per heavy atom. The molecule has 0 atom stereocenters. The lowest BCUT2D eigenvalue weighted by molar-refractivity contribution is 0.102. The molecule has 1 aromatic heterocycles. The summed E-state index contributed by atoms with van der Waals surface area (Å²) in [5, 5.41) is 2.93. The second-order valence-corrected chi connectivity index (χ2v) is 6.08. The van der Waals surface area contributed by atoms with Gasteiger partial charge in [0.15, 0.2) is 0 Å². The summed E-state index contributed by atoms with van der Waals surface area (Å²) in [4.78, 5) is 19.2. The monoisotopic (exact) mass is 341 g/mol. The SMILES string of the molecule is CCCN(CCC)c1cncc(C(=O)Nc2cc(C)ccc2OC)c1. The average molecular weight is 341 g/mol. The zero-order chi connectivity index (χ0) is 18.2. The van der Waals surface area contributed by atoms with Gasteiger partial charge in [0.1, 0.15) is 5.75 Å². The molecule has 0 unspecified atom stereocenters. The minimum Gasteiger partial charge on any atom is -0.495 e. The highest BCUT2D eigenvalue weighted by atomic mass is 16.5. The largest absolute Gasteiger partial charge is 0.495 e. The van der Waals surface area contributed by atoms with E-state index in [1.165, 1.54) is 0 Å². The molecule has 0 aliphatic carbocycles. The molecule has 1 N–H and O–H groups in total. The van der Waals surface area contributed by atoms with Crippen LogP contribution >= 0.6 is 0 Å². The molecule has 0 aliphatic heterocycles. The molecule has 0 aliphatic rings. The normalized spacial score (nSPS) is 10.4. The molecule has 2 rings (SSSR count). The fraction of sp³-hybridized carbons (Fsp3) is 0.400. The molecule has 25 heavy (non-hydrogen) atoms. The van der Waals surface area contributed by atoms with E-state index in [4.69, 9.17) is 4.74 Å². The Morgan fingerprint density at radius 3 is 2.52 bits per heavy atom. The van der Waals surface area contributed by atoms with Crippen LogP contribution in [0, 0.1) is 6.92 Å². The number of carbonyl (C=O) groups is 1. The van der Waals surface area contributed by atoms with E-state index in [1.54, 1.807) is 13.3 Å². The van der Waals surface area contributed by atoms with Crippen LogP contribution in [0.3, 0.4) is 0 Å². The molecule has 134 valence electrons. The molecule has 1 heterocycles. The van der Waals surface area contributed by atoms with Crippen molar-refractivity contribution >= 4 is 17.3 Å². The summed E-state index contributed by atoms with van der Waals surface area (Å²) in [6.07, 6.45) is 5.51. The first-order chi connectivity index (χ1) is 12.1. The topological polar surface area (TPSA) is 54.5 Å². The molecule has 0 bridgehead atoms. The first kappa shape index (κ1) is 18.8. The molecular weight excluding hydrogens is 314 g/mol. The Hall–Kier alpha value is -2.56. The highest BCUT2D eigenvalue weighted by Gasteiger charge is 2.13. The van der Waals surface area contributed by atoms with E-state index in [-0.39, 0.29) is 5.91 Å². The van der Waals surface area contributed by atoms with Crippen LogP contribution in [0.4, 0.5) is 11.4 Å². The van der Waals surface area contributed by atoms with Gasteiger partial charge in [-0.15, -0.1) is 0 Å². The number of aryl methyl sites for hydroxylation is 1. The predicted molar refractivity (Wildman–Crippen MR) is 103 cm³/mol. The van der Waals surface area contributed by atoms with Crippen LogP contribution in [0.25, 0.3) is 0 Å². The van der Waals surface area contributed by atoms with Crippen molar-refractivity contribution in [1.29, 1.82) is 0 Å². The third-order valence-electron chi connectivity index (χ3n) is 3.94. The Morgan fingerprint density at radius 1 is 1.16 bits per heavy atom. The molecule has 5 nitrogen and oxygen atoms in total. The van der Waals surface area contributed by atoms with Gasteiger partial charge in [0.05, 0.1) is 30.2 Å². The third kappa shape index (κ3) is 4.95. The van der Waals surface area contributed by atoms with Crippen LogP contribution in [0.5, 0.6) is 5.75 Å². The van der Waals surface area contributed by atoms with Crippen molar-refractivity contribution in [2.24, 2.45) is 0 Å². The quantitative estimate of drug-likeness (QED) is 0.779.